The van der Waals surface area contributed by atoms with Gasteiger partial charge in [-0.3, -0.25) is 0 Å². The van der Waals surface area contributed by atoms with Crippen LogP contribution in [0.25, 0.3) is 0 Å². The van der Waals surface area contributed by atoms with Crippen molar-refractivity contribution in [3.05, 3.63) is 60.3 Å². The van der Waals surface area contributed by atoms with E-state index in [1.807, 2.05) is 53.4 Å². The van der Waals surface area contributed by atoms with Gasteiger partial charge in [-0.25, -0.2) is 9.78 Å². The molecule has 0 bridgehead atoms. The van der Waals surface area contributed by atoms with Crippen molar-refractivity contribution >= 4 is 6.03 Å². The topological polar surface area (TPSA) is 54.9 Å². The third-order valence-corrected chi connectivity index (χ3v) is 4.15. The number of hydrogen-bond acceptors (Lipinski definition) is 4. The Kier molecular flexibility index (Phi) is 5.50. The van der Waals surface area contributed by atoms with Gasteiger partial charge < -0.3 is 19.3 Å². The molecular formula is C19H23N3O3. The fourth-order valence-corrected chi connectivity index (χ4v) is 2.99. The molecule has 0 saturated carbocycles. The highest BCUT2D eigenvalue weighted by atomic mass is 16.5. The molecule has 6 nitrogen and oxygen atoms in total. The molecule has 0 radical (unpaired) electrons. The second-order valence-corrected chi connectivity index (χ2v) is 6.11. The van der Waals surface area contributed by atoms with Crippen LogP contribution in [0.1, 0.15) is 11.6 Å². The van der Waals surface area contributed by atoms with Crippen LogP contribution in [-0.2, 0) is 4.74 Å². The summed E-state index contributed by atoms with van der Waals surface area (Å²) in [6, 6.07) is 15.2. The molecule has 2 amide bonds. The number of hydrogen-bond donors (Lipinski definition) is 0. The molecule has 1 aliphatic rings. The molecule has 1 fully saturated rings. The molecule has 0 N–H and O–H groups in total. The van der Waals surface area contributed by atoms with E-state index in [0.717, 1.165) is 5.56 Å². The quantitative estimate of drug-likeness (QED) is 0.858. The van der Waals surface area contributed by atoms with Gasteiger partial charge in [-0.2, -0.15) is 0 Å². The van der Waals surface area contributed by atoms with E-state index in [4.69, 9.17) is 9.47 Å². The number of ether oxygens (including phenoxy) is 2. The van der Waals surface area contributed by atoms with Crippen LogP contribution in [0.3, 0.4) is 0 Å². The number of benzene rings is 1. The van der Waals surface area contributed by atoms with Gasteiger partial charge in [0.05, 0.1) is 12.6 Å². The predicted octanol–water partition coefficient (Wildman–Crippen LogP) is 2.58. The van der Waals surface area contributed by atoms with Crippen molar-refractivity contribution in [2.45, 2.75) is 12.1 Å². The molecule has 2 atom stereocenters. The number of carbonyl (C=O) groups excluding carboxylic acids is 1. The number of carbonyl (C=O) groups is 1. The first kappa shape index (κ1) is 17.2. The van der Waals surface area contributed by atoms with Crippen molar-refractivity contribution in [1.29, 1.82) is 0 Å². The van der Waals surface area contributed by atoms with E-state index in [9.17, 15) is 4.79 Å². The zero-order chi connectivity index (χ0) is 17.6. The van der Waals surface area contributed by atoms with E-state index < -0.39 is 0 Å². The Bertz CT molecular complexity index is 679. The first-order valence-corrected chi connectivity index (χ1v) is 8.35. The minimum absolute atomic E-state index is 0.0278. The highest BCUT2D eigenvalue weighted by molar-refractivity contribution is 5.74. The van der Waals surface area contributed by atoms with Crippen LogP contribution in [0.2, 0.25) is 0 Å². The monoisotopic (exact) mass is 341 g/mol. The van der Waals surface area contributed by atoms with Gasteiger partial charge in [0.25, 0.3) is 0 Å². The van der Waals surface area contributed by atoms with Crippen LogP contribution in [0.5, 0.6) is 5.88 Å². The Hall–Kier alpha value is -2.60. The molecule has 1 aromatic heterocycles. The van der Waals surface area contributed by atoms with Gasteiger partial charge >= 0.3 is 6.03 Å². The van der Waals surface area contributed by atoms with Gasteiger partial charge in [-0.15, -0.1) is 0 Å². The third-order valence-electron chi connectivity index (χ3n) is 4.15. The summed E-state index contributed by atoms with van der Waals surface area (Å²) in [6.45, 7) is 1.36. The van der Waals surface area contributed by atoms with Crippen LogP contribution in [0.4, 0.5) is 4.79 Å². The van der Waals surface area contributed by atoms with E-state index in [1.165, 1.54) is 0 Å². The largest absolute Gasteiger partial charge is 0.475 e. The second kappa shape index (κ2) is 7.98. The minimum Gasteiger partial charge on any atom is -0.475 e. The van der Waals surface area contributed by atoms with E-state index in [0.29, 0.717) is 25.6 Å². The average molecular weight is 341 g/mol. The maximum Gasteiger partial charge on any atom is 0.320 e. The summed E-state index contributed by atoms with van der Waals surface area (Å²) in [5, 5.41) is 0. The number of aromatic nitrogens is 1. The van der Waals surface area contributed by atoms with Crippen LogP contribution in [0, 0.1) is 0 Å². The minimum atomic E-state index is -0.262. The van der Waals surface area contributed by atoms with E-state index in [-0.39, 0.29) is 18.2 Å². The Morgan fingerprint density at radius 1 is 1.24 bits per heavy atom. The average Bonchev–Trinajstić information content (AvgIpc) is 2.67. The number of nitrogens with zero attached hydrogens (tertiary/aromatic N) is 3. The summed E-state index contributed by atoms with van der Waals surface area (Å²) in [6.07, 6.45) is 1.43. The lowest BCUT2D eigenvalue weighted by atomic mass is 9.98. The maximum absolute atomic E-state index is 12.6. The first-order chi connectivity index (χ1) is 12.2. The molecule has 132 valence electrons. The molecule has 1 aromatic carbocycles. The summed E-state index contributed by atoms with van der Waals surface area (Å²) >= 11 is 0. The number of amides is 2. The molecule has 0 spiro atoms. The van der Waals surface area contributed by atoms with E-state index in [1.54, 1.807) is 25.2 Å². The summed E-state index contributed by atoms with van der Waals surface area (Å²) in [5.41, 5.74) is 1.03. The Balaban J connectivity index is 1.82. The van der Waals surface area contributed by atoms with Crippen molar-refractivity contribution in [3.63, 3.8) is 0 Å². The van der Waals surface area contributed by atoms with Crippen LogP contribution >= 0.6 is 0 Å². The Morgan fingerprint density at radius 2 is 2.00 bits per heavy atom. The van der Waals surface area contributed by atoms with Crippen molar-refractivity contribution < 1.29 is 14.3 Å². The number of urea groups is 1. The predicted molar refractivity (Wildman–Crippen MR) is 94.4 cm³/mol. The van der Waals surface area contributed by atoms with Crippen molar-refractivity contribution in [3.8, 4) is 5.88 Å². The first-order valence-electron chi connectivity index (χ1n) is 8.35. The fourth-order valence-electron chi connectivity index (χ4n) is 2.99. The highest BCUT2D eigenvalue weighted by Gasteiger charge is 2.37. The lowest BCUT2D eigenvalue weighted by Crippen LogP contribution is -2.52. The van der Waals surface area contributed by atoms with E-state index >= 15 is 0 Å². The molecule has 6 heteroatoms. The lowest BCUT2D eigenvalue weighted by molar-refractivity contribution is -0.0764. The number of pyridine rings is 1. The highest BCUT2D eigenvalue weighted by Crippen LogP contribution is 2.30. The van der Waals surface area contributed by atoms with Crippen LogP contribution < -0.4 is 4.74 Å². The van der Waals surface area contributed by atoms with Gasteiger partial charge in [-0.05, 0) is 11.6 Å². The number of morpholine rings is 1. The van der Waals surface area contributed by atoms with E-state index in [2.05, 4.69) is 4.98 Å². The Labute approximate surface area is 148 Å². The Morgan fingerprint density at radius 3 is 2.68 bits per heavy atom. The van der Waals surface area contributed by atoms with Gasteiger partial charge in [0.2, 0.25) is 5.88 Å². The lowest BCUT2D eigenvalue weighted by Gasteiger charge is -2.42. The second-order valence-electron chi connectivity index (χ2n) is 6.11. The molecule has 1 aliphatic heterocycles. The normalized spacial score (nSPS) is 20.2. The van der Waals surface area contributed by atoms with Crippen molar-refractivity contribution in [2.24, 2.45) is 0 Å². The molecule has 25 heavy (non-hydrogen) atoms. The maximum atomic E-state index is 12.6. The molecule has 0 unspecified atom stereocenters. The standard InChI is InChI=1S/C19H23N3O3/c1-21(2)19(23)22-12-13-24-16(14-25-17-10-6-7-11-20-17)18(22)15-8-4-3-5-9-15/h3-11,16,18H,12-14H2,1-2H3/t16-,18-/m0/s1. The summed E-state index contributed by atoms with van der Waals surface area (Å²) in [7, 11) is 3.53. The third kappa shape index (κ3) is 4.09. The summed E-state index contributed by atoms with van der Waals surface area (Å²) < 4.78 is 11.8. The van der Waals surface area contributed by atoms with Gasteiger partial charge in [-0.1, -0.05) is 36.4 Å². The number of rotatable bonds is 4. The van der Waals surface area contributed by atoms with Crippen molar-refractivity contribution in [2.75, 3.05) is 33.9 Å². The summed E-state index contributed by atoms with van der Waals surface area (Å²) in [4.78, 5) is 20.3. The molecule has 1 saturated heterocycles. The molecule has 0 aliphatic carbocycles. The summed E-state index contributed by atoms with van der Waals surface area (Å²) in [5.74, 6) is 0.550. The fraction of sp³-hybridized carbons (Fsp3) is 0.368. The van der Waals surface area contributed by atoms with Crippen LogP contribution in [-0.4, -0.2) is 60.8 Å². The van der Waals surface area contributed by atoms with Crippen molar-refractivity contribution in [1.82, 2.24) is 14.8 Å². The zero-order valence-corrected chi connectivity index (χ0v) is 14.5. The smallest absolute Gasteiger partial charge is 0.320 e. The molecular weight excluding hydrogens is 318 g/mol. The molecule has 3 rings (SSSR count). The van der Waals surface area contributed by atoms with Gasteiger partial charge in [0, 0.05) is 32.9 Å². The zero-order valence-electron chi connectivity index (χ0n) is 14.5. The van der Waals surface area contributed by atoms with Gasteiger partial charge in [0.15, 0.2) is 0 Å². The molecule has 2 aromatic rings. The van der Waals surface area contributed by atoms with Crippen LogP contribution in [0.15, 0.2) is 54.7 Å². The SMILES string of the molecule is CN(C)C(=O)N1CCO[C@@H](COc2ccccn2)[C@@H]1c1ccccc1. The molecule has 2 heterocycles. The van der Waals surface area contributed by atoms with Gasteiger partial charge in [0.1, 0.15) is 12.7 Å².